The Kier molecular flexibility index (Phi) is 9.91. The highest BCUT2D eigenvalue weighted by molar-refractivity contribution is 5.98. The van der Waals surface area contributed by atoms with E-state index in [-0.39, 0.29) is 30.3 Å². The normalized spacial score (nSPS) is 13.7. The number of carbonyl (C=O) groups is 3. The van der Waals surface area contributed by atoms with Crippen molar-refractivity contribution >= 4 is 29.1 Å². The fourth-order valence-electron chi connectivity index (χ4n) is 3.90. The lowest BCUT2D eigenvalue weighted by Gasteiger charge is -2.22. The lowest BCUT2D eigenvalue weighted by Crippen LogP contribution is -2.36. The van der Waals surface area contributed by atoms with E-state index in [0.29, 0.717) is 30.0 Å². The second-order valence-corrected chi connectivity index (χ2v) is 8.47. The molecule has 1 aliphatic rings. The highest BCUT2D eigenvalue weighted by Crippen LogP contribution is 2.18. The van der Waals surface area contributed by atoms with E-state index >= 15 is 0 Å². The quantitative estimate of drug-likeness (QED) is 0.379. The standard InChI is InChI=1S/C26H34N4O4/c1-34-16-6-15-27-25(32)20-7-5-10-23(17-20)29-24(31)18-28-21-13-11-19(12-14-21)26(33)30-22-8-3-2-4-9-22/h5,7,10-14,17,22,28H,2-4,6,8-9,15-16,18H2,1H3,(H,27,32)(H,29,31)(H,30,33). The minimum Gasteiger partial charge on any atom is -0.385 e. The zero-order valence-electron chi connectivity index (χ0n) is 19.7. The van der Waals surface area contributed by atoms with E-state index in [1.54, 1.807) is 55.6 Å². The van der Waals surface area contributed by atoms with Crippen LogP contribution in [0.1, 0.15) is 59.2 Å². The van der Waals surface area contributed by atoms with Crippen LogP contribution in [0.25, 0.3) is 0 Å². The minimum atomic E-state index is -0.239. The van der Waals surface area contributed by atoms with Crippen LogP contribution in [0.5, 0.6) is 0 Å². The Hall–Kier alpha value is -3.39. The Morgan fingerprint density at radius 1 is 0.912 bits per heavy atom. The second kappa shape index (κ2) is 13.3. The predicted octanol–water partition coefficient (Wildman–Crippen LogP) is 3.57. The third-order valence-electron chi connectivity index (χ3n) is 5.76. The van der Waals surface area contributed by atoms with Gasteiger partial charge in [0.05, 0.1) is 6.54 Å². The first-order valence-electron chi connectivity index (χ1n) is 11.9. The summed E-state index contributed by atoms with van der Waals surface area (Å²) < 4.78 is 4.97. The van der Waals surface area contributed by atoms with Crippen molar-refractivity contribution in [1.29, 1.82) is 0 Å². The summed E-state index contributed by atoms with van der Waals surface area (Å²) in [7, 11) is 1.62. The molecule has 2 aromatic carbocycles. The van der Waals surface area contributed by atoms with Crippen LogP contribution < -0.4 is 21.3 Å². The molecule has 3 amide bonds. The first kappa shape index (κ1) is 25.2. The van der Waals surface area contributed by atoms with Crippen LogP contribution in [-0.4, -0.2) is 50.6 Å². The topological polar surface area (TPSA) is 109 Å². The fraction of sp³-hybridized carbons (Fsp3) is 0.423. The summed E-state index contributed by atoms with van der Waals surface area (Å²) in [5, 5.41) is 11.8. The number of amides is 3. The van der Waals surface area contributed by atoms with E-state index in [0.717, 1.165) is 24.9 Å². The number of hydrogen-bond donors (Lipinski definition) is 4. The summed E-state index contributed by atoms with van der Waals surface area (Å²) in [6.45, 7) is 1.16. The first-order chi connectivity index (χ1) is 16.5. The minimum absolute atomic E-state index is 0.0566. The SMILES string of the molecule is COCCCNC(=O)c1cccc(NC(=O)CNc2ccc(C(=O)NC3CCCCC3)cc2)c1. The maximum absolute atomic E-state index is 12.4. The molecule has 0 atom stereocenters. The van der Waals surface area contributed by atoms with E-state index in [1.165, 1.54) is 19.3 Å². The second-order valence-electron chi connectivity index (χ2n) is 8.47. The van der Waals surface area contributed by atoms with Crippen LogP contribution in [-0.2, 0) is 9.53 Å². The molecule has 0 saturated heterocycles. The molecule has 0 aromatic heterocycles. The molecular weight excluding hydrogens is 432 g/mol. The molecule has 34 heavy (non-hydrogen) atoms. The monoisotopic (exact) mass is 466 g/mol. The Labute approximate surface area is 200 Å². The summed E-state index contributed by atoms with van der Waals surface area (Å²) in [6, 6.07) is 14.2. The fourth-order valence-corrected chi connectivity index (χ4v) is 3.90. The van der Waals surface area contributed by atoms with E-state index in [4.69, 9.17) is 4.74 Å². The van der Waals surface area contributed by atoms with Gasteiger partial charge in [-0.15, -0.1) is 0 Å². The number of methoxy groups -OCH3 is 1. The maximum atomic E-state index is 12.4. The van der Waals surface area contributed by atoms with Crippen LogP contribution in [0.15, 0.2) is 48.5 Å². The third-order valence-corrected chi connectivity index (χ3v) is 5.76. The molecule has 0 aliphatic heterocycles. The van der Waals surface area contributed by atoms with Crippen LogP contribution in [0.2, 0.25) is 0 Å². The van der Waals surface area contributed by atoms with Gasteiger partial charge in [-0.1, -0.05) is 25.3 Å². The van der Waals surface area contributed by atoms with Crippen molar-refractivity contribution < 1.29 is 19.1 Å². The van der Waals surface area contributed by atoms with Gasteiger partial charge in [0.15, 0.2) is 0 Å². The van der Waals surface area contributed by atoms with Gasteiger partial charge in [0.1, 0.15) is 0 Å². The van der Waals surface area contributed by atoms with Crippen molar-refractivity contribution in [3.8, 4) is 0 Å². The number of rotatable bonds is 11. The van der Waals surface area contributed by atoms with Crippen molar-refractivity contribution in [2.24, 2.45) is 0 Å². The average molecular weight is 467 g/mol. The van der Waals surface area contributed by atoms with Crippen molar-refractivity contribution in [3.05, 3.63) is 59.7 Å². The molecule has 8 nitrogen and oxygen atoms in total. The van der Waals surface area contributed by atoms with Crippen LogP contribution in [0.3, 0.4) is 0 Å². The van der Waals surface area contributed by atoms with E-state index in [2.05, 4.69) is 21.3 Å². The number of benzene rings is 2. The summed E-state index contributed by atoms with van der Waals surface area (Å²) in [5.74, 6) is -0.492. The lowest BCUT2D eigenvalue weighted by molar-refractivity contribution is -0.114. The van der Waals surface area contributed by atoms with Gasteiger partial charge in [-0.2, -0.15) is 0 Å². The molecule has 4 N–H and O–H groups in total. The van der Waals surface area contributed by atoms with Crippen LogP contribution in [0.4, 0.5) is 11.4 Å². The molecule has 0 heterocycles. The van der Waals surface area contributed by atoms with Gasteiger partial charge in [-0.25, -0.2) is 0 Å². The maximum Gasteiger partial charge on any atom is 0.251 e. The van der Waals surface area contributed by atoms with Gasteiger partial charge in [0.25, 0.3) is 11.8 Å². The smallest absolute Gasteiger partial charge is 0.251 e. The van der Waals surface area contributed by atoms with Crippen molar-refractivity contribution in [2.75, 3.05) is 37.4 Å². The van der Waals surface area contributed by atoms with Crippen molar-refractivity contribution in [1.82, 2.24) is 10.6 Å². The van der Waals surface area contributed by atoms with Crippen molar-refractivity contribution in [2.45, 2.75) is 44.6 Å². The molecule has 0 bridgehead atoms. The number of nitrogens with one attached hydrogen (secondary N) is 4. The lowest BCUT2D eigenvalue weighted by atomic mass is 9.95. The average Bonchev–Trinajstić information content (AvgIpc) is 2.86. The van der Waals surface area contributed by atoms with E-state index in [9.17, 15) is 14.4 Å². The molecule has 182 valence electrons. The molecule has 3 rings (SSSR count). The molecule has 0 spiro atoms. The molecular formula is C26H34N4O4. The summed E-state index contributed by atoms with van der Waals surface area (Å²) >= 11 is 0. The van der Waals surface area contributed by atoms with Gasteiger partial charge >= 0.3 is 0 Å². The zero-order valence-corrected chi connectivity index (χ0v) is 19.7. The molecule has 2 aromatic rings. The largest absolute Gasteiger partial charge is 0.385 e. The summed E-state index contributed by atoms with van der Waals surface area (Å²) in [5.41, 5.74) is 2.38. The van der Waals surface area contributed by atoms with E-state index < -0.39 is 0 Å². The molecule has 1 aliphatic carbocycles. The first-order valence-corrected chi connectivity index (χ1v) is 11.9. The van der Waals surface area contributed by atoms with E-state index in [1.807, 2.05) is 0 Å². The number of anilines is 2. The van der Waals surface area contributed by atoms with Crippen LogP contribution >= 0.6 is 0 Å². The number of hydrogen-bond acceptors (Lipinski definition) is 5. The van der Waals surface area contributed by atoms with Crippen LogP contribution in [0, 0.1) is 0 Å². The molecule has 1 saturated carbocycles. The molecule has 0 radical (unpaired) electrons. The highest BCUT2D eigenvalue weighted by atomic mass is 16.5. The van der Waals surface area contributed by atoms with Gasteiger partial charge in [-0.3, -0.25) is 14.4 Å². The number of ether oxygens (including phenoxy) is 1. The Morgan fingerprint density at radius 3 is 2.41 bits per heavy atom. The number of carbonyl (C=O) groups excluding carboxylic acids is 3. The van der Waals surface area contributed by atoms with Crippen molar-refractivity contribution in [3.63, 3.8) is 0 Å². The third kappa shape index (κ3) is 8.19. The van der Waals surface area contributed by atoms with Gasteiger partial charge < -0.3 is 26.0 Å². The highest BCUT2D eigenvalue weighted by Gasteiger charge is 2.16. The molecule has 1 fully saturated rings. The Morgan fingerprint density at radius 2 is 1.68 bits per heavy atom. The predicted molar refractivity (Wildman–Crippen MR) is 133 cm³/mol. The van der Waals surface area contributed by atoms with Gasteiger partial charge in [-0.05, 0) is 61.7 Å². The zero-order chi connectivity index (χ0) is 24.2. The van der Waals surface area contributed by atoms with Gasteiger partial charge in [0, 0.05) is 48.8 Å². The van der Waals surface area contributed by atoms with Gasteiger partial charge in [0.2, 0.25) is 5.91 Å². The molecule has 0 unspecified atom stereocenters. The Bertz CT molecular complexity index is 956. The Balaban J connectivity index is 1.44. The summed E-state index contributed by atoms with van der Waals surface area (Å²) in [6.07, 6.45) is 6.41. The molecule has 8 heteroatoms. The summed E-state index contributed by atoms with van der Waals surface area (Å²) in [4.78, 5) is 37.0.